The van der Waals surface area contributed by atoms with Gasteiger partial charge in [-0.15, -0.1) is 15.3 Å². The first-order chi connectivity index (χ1) is 10.9. The zero-order chi connectivity index (χ0) is 14.8. The molecule has 0 saturated carbocycles. The molecule has 4 heterocycles. The second kappa shape index (κ2) is 5.68. The van der Waals surface area contributed by atoms with E-state index in [1.807, 2.05) is 16.8 Å². The monoisotopic (exact) mass is 299 g/mol. The van der Waals surface area contributed by atoms with Crippen LogP contribution in [0.4, 0.5) is 5.82 Å². The Labute approximate surface area is 127 Å². The van der Waals surface area contributed by atoms with Gasteiger partial charge in [-0.25, -0.2) is 4.98 Å². The molecule has 9 nitrogen and oxygen atoms in total. The maximum atomic E-state index is 4.55. The summed E-state index contributed by atoms with van der Waals surface area (Å²) in [4.78, 5) is 8.70. The van der Waals surface area contributed by atoms with Gasteiger partial charge >= 0.3 is 0 Å². The molecule has 1 aliphatic heterocycles. The molecule has 4 rings (SSSR count). The molecule has 0 radical (unpaired) electrons. The molecule has 0 amide bonds. The molecule has 0 aromatic carbocycles. The maximum Gasteiger partial charge on any atom is 0.177 e. The molecule has 0 spiro atoms. The lowest BCUT2D eigenvalue weighted by atomic mass is 10.3. The molecule has 3 aromatic heterocycles. The number of hydrogen-bond donors (Lipinski definition) is 0. The molecule has 1 saturated heterocycles. The molecule has 9 heteroatoms. The summed E-state index contributed by atoms with van der Waals surface area (Å²) < 4.78 is 3.58. The van der Waals surface area contributed by atoms with E-state index in [0.29, 0.717) is 0 Å². The predicted octanol–water partition coefficient (Wildman–Crippen LogP) is -0.462. The van der Waals surface area contributed by atoms with Crippen LogP contribution >= 0.6 is 0 Å². The van der Waals surface area contributed by atoms with E-state index in [4.69, 9.17) is 0 Å². The average molecular weight is 299 g/mol. The number of nitrogens with zero attached hydrogens (tertiary/aromatic N) is 9. The van der Waals surface area contributed by atoms with E-state index in [-0.39, 0.29) is 0 Å². The van der Waals surface area contributed by atoms with E-state index in [1.54, 1.807) is 23.5 Å². The summed E-state index contributed by atoms with van der Waals surface area (Å²) in [6.45, 7) is 5.86. The van der Waals surface area contributed by atoms with E-state index in [0.717, 1.165) is 50.7 Å². The summed E-state index contributed by atoms with van der Waals surface area (Å²) >= 11 is 0. The Bertz CT molecular complexity index is 727. The predicted molar refractivity (Wildman–Crippen MR) is 79.5 cm³/mol. The van der Waals surface area contributed by atoms with Crippen LogP contribution in [0, 0.1) is 0 Å². The van der Waals surface area contributed by atoms with Crippen molar-refractivity contribution < 1.29 is 0 Å². The van der Waals surface area contributed by atoms with Crippen molar-refractivity contribution in [3.05, 3.63) is 31.1 Å². The fraction of sp³-hybridized carbons (Fsp3) is 0.462. The van der Waals surface area contributed by atoms with Gasteiger partial charge in [-0.1, -0.05) is 0 Å². The van der Waals surface area contributed by atoms with Crippen molar-refractivity contribution >= 4 is 11.5 Å². The number of fused-ring (bicyclic) bond motifs is 1. The van der Waals surface area contributed by atoms with E-state index >= 15 is 0 Å². The van der Waals surface area contributed by atoms with Crippen LogP contribution in [0.25, 0.3) is 5.65 Å². The molecule has 1 fully saturated rings. The van der Waals surface area contributed by atoms with E-state index in [2.05, 4.69) is 35.2 Å². The SMILES string of the molecule is c1ncn(CCN2CCN(c3ccc4nncn4n3)CC2)n1. The zero-order valence-electron chi connectivity index (χ0n) is 12.2. The summed E-state index contributed by atoms with van der Waals surface area (Å²) in [7, 11) is 0. The largest absolute Gasteiger partial charge is 0.353 e. The van der Waals surface area contributed by atoms with Crippen molar-refractivity contribution in [3.63, 3.8) is 0 Å². The summed E-state index contributed by atoms with van der Waals surface area (Å²) in [5.41, 5.74) is 0.773. The Hall–Kier alpha value is -2.55. The molecule has 0 unspecified atom stereocenters. The van der Waals surface area contributed by atoms with Crippen LogP contribution in [0.5, 0.6) is 0 Å². The van der Waals surface area contributed by atoms with Gasteiger partial charge in [0.05, 0.1) is 6.54 Å². The lowest BCUT2D eigenvalue weighted by Crippen LogP contribution is -2.47. The van der Waals surface area contributed by atoms with Crippen molar-refractivity contribution in [3.8, 4) is 0 Å². The first-order valence-electron chi connectivity index (χ1n) is 7.35. The van der Waals surface area contributed by atoms with Gasteiger partial charge in [0.15, 0.2) is 5.65 Å². The number of anilines is 1. The molecule has 3 aromatic rings. The number of rotatable bonds is 4. The standard InChI is InChI=1S/C13H17N9/c1-2-13(18-22-11-15-17-12(1)22)20-6-3-19(4-7-20)5-8-21-10-14-9-16-21/h1-2,9-11H,3-8H2. The van der Waals surface area contributed by atoms with Crippen molar-refractivity contribution in [1.82, 2.24) is 39.5 Å². The fourth-order valence-corrected chi connectivity index (χ4v) is 2.68. The zero-order valence-corrected chi connectivity index (χ0v) is 12.2. The molecule has 0 bridgehead atoms. The second-order valence-corrected chi connectivity index (χ2v) is 5.31. The van der Waals surface area contributed by atoms with Gasteiger partial charge in [0.25, 0.3) is 0 Å². The quantitative estimate of drug-likeness (QED) is 0.644. The third-order valence-electron chi connectivity index (χ3n) is 3.96. The second-order valence-electron chi connectivity index (χ2n) is 5.31. The Balaban J connectivity index is 1.34. The first kappa shape index (κ1) is 13.1. The molecular formula is C13H17N9. The highest BCUT2D eigenvalue weighted by Crippen LogP contribution is 2.13. The number of aromatic nitrogens is 7. The van der Waals surface area contributed by atoms with Crippen LogP contribution in [0.3, 0.4) is 0 Å². The van der Waals surface area contributed by atoms with Crippen LogP contribution in [0.15, 0.2) is 31.1 Å². The average Bonchev–Trinajstić information content (AvgIpc) is 3.24. The molecule has 0 N–H and O–H groups in total. The van der Waals surface area contributed by atoms with Gasteiger partial charge in [-0.2, -0.15) is 9.61 Å². The highest BCUT2D eigenvalue weighted by atomic mass is 15.4. The Morgan fingerprint density at radius 1 is 1.00 bits per heavy atom. The minimum Gasteiger partial charge on any atom is -0.353 e. The first-order valence-corrected chi connectivity index (χ1v) is 7.35. The van der Waals surface area contributed by atoms with Gasteiger partial charge in [0.1, 0.15) is 24.8 Å². The highest BCUT2D eigenvalue weighted by molar-refractivity contribution is 5.45. The summed E-state index contributed by atoms with van der Waals surface area (Å²) in [6, 6.07) is 3.96. The Morgan fingerprint density at radius 2 is 1.91 bits per heavy atom. The van der Waals surface area contributed by atoms with Gasteiger partial charge in [-0.3, -0.25) is 9.58 Å². The third-order valence-corrected chi connectivity index (χ3v) is 3.96. The lowest BCUT2D eigenvalue weighted by Gasteiger charge is -2.35. The Kier molecular flexibility index (Phi) is 3.39. The van der Waals surface area contributed by atoms with E-state index < -0.39 is 0 Å². The van der Waals surface area contributed by atoms with Crippen LogP contribution in [0.1, 0.15) is 0 Å². The number of hydrogen-bond acceptors (Lipinski definition) is 7. The van der Waals surface area contributed by atoms with Gasteiger partial charge in [0.2, 0.25) is 0 Å². The van der Waals surface area contributed by atoms with Crippen LogP contribution < -0.4 is 4.90 Å². The van der Waals surface area contributed by atoms with E-state index in [9.17, 15) is 0 Å². The van der Waals surface area contributed by atoms with Crippen molar-refractivity contribution in [2.24, 2.45) is 0 Å². The molecule has 22 heavy (non-hydrogen) atoms. The summed E-state index contributed by atoms with van der Waals surface area (Å²) in [5, 5.41) is 16.5. The van der Waals surface area contributed by atoms with Crippen LogP contribution in [-0.4, -0.2) is 72.2 Å². The smallest absolute Gasteiger partial charge is 0.177 e. The molecular weight excluding hydrogens is 282 g/mol. The van der Waals surface area contributed by atoms with Crippen molar-refractivity contribution in [2.75, 3.05) is 37.6 Å². The van der Waals surface area contributed by atoms with E-state index in [1.165, 1.54) is 0 Å². The topological polar surface area (TPSA) is 80.3 Å². The minimum absolute atomic E-state index is 0.773. The molecule has 114 valence electrons. The van der Waals surface area contributed by atoms with Crippen molar-refractivity contribution in [1.29, 1.82) is 0 Å². The third kappa shape index (κ3) is 2.62. The van der Waals surface area contributed by atoms with Gasteiger partial charge in [0, 0.05) is 32.7 Å². The maximum absolute atomic E-state index is 4.55. The number of piperazine rings is 1. The normalized spacial score (nSPS) is 16.5. The van der Waals surface area contributed by atoms with Crippen LogP contribution in [0.2, 0.25) is 0 Å². The Morgan fingerprint density at radius 3 is 2.73 bits per heavy atom. The molecule has 1 aliphatic rings. The highest BCUT2D eigenvalue weighted by Gasteiger charge is 2.18. The van der Waals surface area contributed by atoms with Crippen molar-refractivity contribution in [2.45, 2.75) is 6.54 Å². The lowest BCUT2D eigenvalue weighted by molar-refractivity contribution is 0.244. The minimum atomic E-state index is 0.773. The fourth-order valence-electron chi connectivity index (χ4n) is 2.68. The van der Waals surface area contributed by atoms with Gasteiger partial charge in [-0.05, 0) is 12.1 Å². The summed E-state index contributed by atoms with van der Waals surface area (Å²) in [5.74, 6) is 0.975. The van der Waals surface area contributed by atoms with Crippen LogP contribution in [-0.2, 0) is 6.54 Å². The molecule has 0 aliphatic carbocycles. The summed E-state index contributed by atoms with van der Waals surface area (Å²) in [6.07, 6.45) is 4.96. The molecule has 0 atom stereocenters. The van der Waals surface area contributed by atoms with Gasteiger partial charge < -0.3 is 4.90 Å².